The van der Waals surface area contributed by atoms with Crippen LogP contribution in [0.5, 0.6) is 0 Å². The Morgan fingerprint density at radius 2 is 2.05 bits per heavy atom. The van der Waals surface area contributed by atoms with Crippen molar-refractivity contribution in [2.24, 2.45) is 0 Å². The number of benzene rings is 1. The number of nitrogens with one attached hydrogen (secondary N) is 1. The largest absolute Gasteiger partial charge is 0.347 e. The molecule has 0 bridgehead atoms. The monoisotopic (exact) mass is 324 g/mol. The Kier molecular flexibility index (Phi) is 4.37. The van der Waals surface area contributed by atoms with Crippen LogP contribution in [0.15, 0.2) is 41.0 Å². The molecule has 0 spiro atoms. The fourth-order valence-corrected chi connectivity index (χ4v) is 2.27. The molecule has 0 aliphatic carbocycles. The average molecular weight is 325 g/mol. The van der Waals surface area contributed by atoms with Gasteiger partial charge in [0.15, 0.2) is 0 Å². The number of nitrogens with zero attached hydrogens (tertiary/aromatic N) is 1. The smallest absolute Gasteiger partial charge is 0.268 e. The van der Waals surface area contributed by atoms with E-state index in [2.05, 4.69) is 21.2 Å². The van der Waals surface area contributed by atoms with Gasteiger partial charge in [-0.3, -0.25) is 4.79 Å². The maximum Gasteiger partial charge on any atom is 0.268 e. The van der Waals surface area contributed by atoms with Crippen LogP contribution in [-0.4, -0.2) is 10.5 Å². The fourth-order valence-electron chi connectivity index (χ4n) is 1.80. The third kappa shape index (κ3) is 3.44. The van der Waals surface area contributed by atoms with Crippen molar-refractivity contribution >= 4 is 21.8 Å². The van der Waals surface area contributed by atoms with Crippen LogP contribution in [0.3, 0.4) is 0 Å². The molecule has 0 unspecified atom stereocenters. The Morgan fingerprint density at radius 3 is 2.68 bits per heavy atom. The minimum Gasteiger partial charge on any atom is -0.347 e. The standard InChI is InChI=1S/C14H14BrFN2O/c1-2-18-9-11(15)7-13(18)14(19)17-8-10-3-5-12(16)6-4-10/h3-7,9H,2,8H2,1H3,(H,17,19). The molecule has 1 amide bonds. The summed E-state index contributed by atoms with van der Waals surface area (Å²) in [6.07, 6.45) is 1.87. The van der Waals surface area contributed by atoms with Gasteiger partial charge in [0.1, 0.15) is 11.5 Å². The second-order valence-corrected chi connectivity index (χ2v) is 5.05. The lowest BCUT2D eigenvalue weighted by Crippen LogP contribution is -2.25. The van der Waals surface area contributed by atoms with Crippen LogP contribution in [0.25, 0.3) is 0 Å². The van der Waals surface area contributed by atoms with Gasteiger partial charge < -0.3 is 9.88 Å². The highest BCUT2D eigenvalue weighted by molar-refractivity contribution is 9.10. The lowest BCUT2D eigenvalue weighted by atomic mass is 10.2. The summed E-state index contributed by atoms with van der Waals surface area (Å²) in [5.74, 6) is -0.421. The van der Waals surface area contributed by atoms with E-state index in [0.29, 0.717) is 12.2 Å². The number of halogens is 2. The van der Waals surface area contributed by atoms with E-state index in [-0.39, 0.29) is 11.7 Å². The van der Waals surface area contributed by atoms with Crippen molar-refractivity contribution in [3.63, 3.8) is 0 Å². The Morgan fingerprint density at radius 1 is 1.37 bits per heavy atom. The number of rotatable bonds is 4. The first-order valence-electron chi connectivity index (χ1n) is 5.98. The Labute approximate surface area is 119 Å². The molecular formula is C14H14BrFN2O. The van der Waals surface area contributed by atoms with Gasteiger partial charge in [-0.05, 0) is 46.6 Å². The maximum atomic E-state index is 12.8. The van der Waals surface area contributed by atoms with Gasteiger partial charge in [-0.25, -0.2) is 4.39 Å². The Balaban J connectivity index is 2.03. The van der Waals surface area contributed by atoms with E-state index in [1.54, 1.807) is 18.2 Å². The molecule has 1 heterocycles. The molecular weight excluding hydrogens is 311 g/mol. The van der Waals surface area contributed by atoms with Crippen molar-refractivity contribution in [2.75, 3.05) is 0 Å². The molecule has 3 nitrogen and oxygen atoms in total. The van der Waals surface area contributed by atoms with Gasteiger partial charge in [-0.1, -0.05) is 12.1 Å². The van der Waals surface area contributed by atoms with E-state index in [0.717, 1.165) is 16.6 Å². The number of aromatic nitrogens is 1. The van der Waals surface area contributed by atoms with Gasteiger partial charge in [-0.2, -0.15) is 0 Å². The molecule has 2 rings (SSSR count). The van der Waals surface area contributed by atoms with Crippen molar-refractivity contribution in [1.82, 2.24) is 9.88 Å². The molecule has 0 saturated heterocycles. The van der Waals surface area contributed by atoms with Gasteiger partial charge in [0.2, 0.25) is 0 Å². The van der Waals surface area contributed by atoms with Crippen LogP contribution >= 0.6 is 15.9 Å². The van der Waals surface area contributed by atoms with E-state index >= 15 is 0 Å². The van der Waals surface area contributed by atoms with Crippen molar-refractivity contribution in [2.45, 2.75) is 20.0 Å². The molecule has 0 fully saturated rings. The normalized spacial score (nSPS) is 10.5. The first kappa shape index (κ1) is 13.8. The molecule has 1 N–H and O–H groups in total. The van der Waals surface area contributed by atoms with Gasteiger partial charge in [0.25, 0.3) is 5.91 Å². The summed E-state index contributed by atoms with van der Waals surface area (Å²) in [6, 6.07) is 7.86. The number of aryl methyl sites for hydroxylation is 1. The summed E-state index contributed by atoms with van der Waals surface area (Å²) in [5, 5.41) is 2.82. The lowest BCUT2D eigenvalue weighted by molar-refractivity contribution is 0.0941. The van der Waals surface area contributed by atoms with Gasteiger partial charge in [-0.15, -0.1) is 0 Å². The third-order valence-corrected chi connectivity index (χ3v) is 3.24. The fraction of sp³-hybridized carbons (Fsp3) is 0.214. The molecule has 0 saturated carbocycles. The summed E-state index contributed by atoms with van der Waals surface area (Å²) < 4.78 is 15.5. The average Bonchev–Trinajstić information content (AvgIpc) is 2.79. The molecule has 5 heteroatoms. The number of hydrogen-bond donors (Lipinski definition) is 1. The molecule has 1 aromatic heterocycles. The zero-order valence-electron chi connectivity index (χ0n) is 10.5. The Bertz CT molecular complexity index is 578. The summed E-state index contributed by atoms with van der Waals surface area (Å²) in [7, 11) is 0. The SMILES string of the molecule is CCn1cc(Br)cc1C(=O)NCc1ccc(F)cc1. The minimum absolute atomic E-state index is 0.142. The first-order chi connectivity index (χ1) is 9.10. The molecule has 19 heavy (non-hydrogen) atoms. The van der Waals surface area contributed by atoms with Crippen LogP contribution in [0.1, 0.15) is 23.0 Å². The highest BCUT2D eigenvalue weighted by Crippen LogP contribution is 2.15. The Hall–Kier alpha value is -1.62. The lowest BCUT2D eigenvalue weighted by Gasteiger charge is -2.07. The van der Waals surface area contributed by atoms with Crippen LogP contribution in [-0.2, 0) is 13.1 Å². The molecule has 0 radical (unpaired) electrons. The zero-order valence-corrected chi connectivity index (χ0v) is 12.1. The summed E-state index contributed by atoms with van der Waals surface area (Å²) >= 11 is 3.35. The number of hydrogen-bond acceptors (Lipinski definition) is 1. The zero-order chi connectivity index (χ0) is 13.8. The van der Waals surface area contributed by atoms with Gasteiger partial charge in [0, 0.05) is 23.8 Å². The predicted octanol–water partition coefficient (Wildman–Crippen LogP) is 3.34. The quantitative estimate of drug-likeness (QED) is 0.919. The van der Waals surface area contributed by atoms with Crippen molar-refractivity contribution in [1.29, 1.82) is 0 Å². The van der Waals surface area contributed by atoms with Crippen LogP contribution in [0.4, 0.5) is 4.39 Å². The second-order valence-electron chi connectivity index (χ2n) is 4.14. The molecule has 0 aliphatic heterocycles. The van der Waals surface area contributed by atoms with Crippen LogP contribution in [0, 0.1) is 5.82 Å². The summed E-state index contributed by atoms with van der Waals surface area (Å²) in [4.78, 5) is 12.1. The van der Waals surface area contributed by atoms with Crippen LogP contribution < -0.4 is 5.32 Å². The predicted molar refractivity (Wildman–Crippen MR) is 75.4 cm³/mol. The second kappa shape index (κ2) is 6.02. The van der Waals surface area contributed by atoms with Gasteiger partial charge >= 0.3 is 0 Å². The highest BCUT2D eigenvalue weighted by Gasteiger charge is 2.11. The van der Waals surface area contributed by atoms with E-state index in [4.69, 9.17) is 0 Å². The van der Waals surface area contributed by atoms with Gasteiger partial charge in [0.05, 0.1) is 0 Å². The van der Waals surface area contributed by atoms with Crippen molar-refractivity contribution in [3.8, 4) is 0 Å². The number of amides is 1. The highest BCUT2D eigenvalue weighted by atomic mass is 79.9. The number of carbonyl (C=O) groups excluding carboxylic acids is 1. The van der Waals surface area contributed by atoms with E-state index in [9.17, 15) is 9.18 Å². The van der Waals surface area contributed by atoms with E-state index in [1.165, 1.54) is 12.1 Å². The molecule has 2 aromatic rings. The van der Waals surface area contributed by atoms with E-state index in [1.807, 2.05) is 17.7 Å². The third-order valence-electron chi connectivity index (χ3n) is 2.80. The topological polar surface area (TPSA) is 34.0 Å². The molecule has 0 aliphatic rings. The summed E-state index contributed by atoms with van der Waals surface area (Å²) in [5.41, 5.74) is 1.47. The summed E-state index contributed by atoms with van der Waals surface area (Å²) in [6.45, 7) is 3.08. The molecule has 1 aromatic carbocycles. The number of carbonyl (C=O) groups is 1. The van der Waals surface area contributed by atoms with E-state index < -0.39 is 0 Å². The first-order valence-corrected chi connectivity index (χ1v) is 6.77. The maximum absolute atomic E-state index is 12.8. The van der Waals surface area contributed by atoms with Crippen LogP contribution in [0.2, 0.25) is 0 Å². The van der Waals surface area contributed by atoms with Crippen molar-refractivity contribution in [3.05, 3.63) is 58.1 Å². The minimum atomic E-state index is -0.279. The molecule has 100 valence electrons. The van der Waals surface area contributed by atoms with Crippen molar-refractivity contribution < 1.29 is 9.18 Å². The molecule has 0 atom stereocenters.